The third-order valence-electron chi connectivity index (χ3n) is 3.58. The standard InChI is InChI=1S/C18H17FN2O4/c19-14-4-2-1-3-12(14)9-17(22)20-11-18(23)21-13-5-6-15-16(10-13)25-8-7-24-15/h1-6,10H,7-9,11H2,(H,20,22)(H,21,23). The van der Waals surface area contributed by atoms with E-state index in [1.54, 1.807) is 30.3 Å². The Kier molecular flexibility index (Phi) is 5.13. The second-order valence-electron chi connectivity index (χ2n) is 5.45. The van der Waals surface area contributed by atoms with Crippen molar-refractivity contribution < 1.29 is 23.5 Å². The van der Waals surface area contributed by atoms with Gasteiger partial charge in [-0.25, -0.2) is 4.39 Å². The Morgan fingerprint density at radius 1 is 1.00 bits per heavy atom. The Morgan fingerprint density at radius 2 is 1.76 bits per heavy atom. The van der Waals surface area contributed by atoms with Crippen LogP contribution in [0.15, 0.2) is 42.5 Å². The molecule has 1 heterocycles. The molecule has 0 fully saturated rings. The molecule has 1 aliphatic rings. The van der Waals surface area contributed by atoms with Gasteiger partial charge in [0.25, 0.3) is 0 Å². The minimum atomic E-state index is -0.446. The molecule has 0 aromatic heterocycles. The molecule has 2 N–H and O–H groups in total. The van der Waals surface area contributed by atoms with Gasteiger partial charge in [0.2, 0.25) is 11.8 Å². The van der Waals surface area contributed by atoms with Gasteiger partial charge in [0.05, 0.1) is 13.0 Å². The van der Waals surface area contributed by atoms with Crippen LogP contribution >= 0.6 is 0 Å². The van der Waals surface area contributed by atoms with Crippen LogP contribution in [-0.4, -0.2) is 31.6 Å². The first-order chi connectivity index (χ1) is 12.1. The lowest BCUT2D eigenvalue weighted by Crippen LogP contribution is -2.34. The molecule has 0 bridgehead atoms. The number of hydrogen-bond donors (Lipinski definition) is 2. The zero-order chi connectivity index (χ0) is 17.6. The Balaban J connectivity index is 1.49. The summed E-state index contributed by atoms with van der Waals surface area (Å²) in [5, 5.41) is 5.13. The summed E-state index contributed by atoms with van der Waals surface area (Å²) in [4.78, 5) is 23.8. The maximum atomic E-state index is 13.5. The fraction of sp³-hybridized carbons (Fsp3) is 0.222. The minimum absolute atomic E-state index is 0.121. The lowest BCUT2D eigenvalue weighted by molar-refractivity contribution is -0.123. The van der Waals surface area contributed by atoms with Gasteiger partial charge in [0.15, 0.2) is 11.5 Å². The number of nitrogens with one attached hydrogen (secondary N) is 2. The van der Waals surface area contributed by atoms with Gasteiger partial charge in [0, 0.05) is 11.8 Å². The lowest BCUT2D eigenvalue weighted by Gasteiger charge is -2.19. The van der Waals surface area contributed by atoms with Crippen LogP contribution in [0, 0.1) is 5.82 Å². The number of hydrogen-bond acceptors (Lipinski definition) is 4. The quantitative estimate of drug-likeness (QED) is 0.868. The van der Waals surface area contributed by atoms with Crippen LogP contribution < -0.4 is 20.1 Å². The lowest BCUT2D eigenvalue weighted by atomic mass is 10.1. The fourth-order valence-electron chi connectivity index (χ4n) is 2.38. The molecule has 2 aromatic rings. The zero-order valence-corrected chi connectivity index (χ0v) is 13.4. The summed E-state index contributed by atoms with van der Waals surface area (Å²) in [5.74, 6) is -0.0746. The third kappa shape index (κ3) is 4.47. The number of rotatable bonds is 5. The van der Waals surface area contributed by atoms with Crippen molar-refractivity contribution in [3.8, 4) is 11.5 Å². The topological polar surface area (TPSA) is 76.7 Å². The van der Waals surface area contributed by atoms with Crippen LogP contribution in [0.25, 0.3) is 0 Å². The highest BCUT2D eigenvalue weighted by Crippen LogP contribution is 2.32. The molecule has 0 spiro atoms. The van der Waals surface area contributed by atoms with E-state index in [1.165, 1.54) is 12.1 Å². The van der Waals surface area contributed by atoms with Gasteiger partial charge in [0.1, 0.15) is 19.0 Å². The number of anilines is 1. The van der Waals surface area contributed by atoms with Gasteiger partial charge in [-0.1, -0.05) is 18.2 Å². The molecular weight excluding hydrogens is 327 g/mol. The number of carbonyl (C=O) groups excluding carboxylic acids is 2. The van der Waals surface area contributed by atoms with Crippen molar-refractivity contribution in [2.24, 2.45) is 0 Å². The molecule has 130 valence electrons. The average molecular weight is 344 g/mol. The Morgan fingerprint density at radius 3 is 2.56 bits per heavy atom. The number of amides is 2. The van der Waals surface area contributed by atoms with Crippen molar-refractivity contribution in [1.82, 2.24) is 5.32 Å². The largest absolute Gasteiger partial charge is 0.486 e. The third-order valence-corrected chi connectivity index (χ3v) is 3.58. The molecule has 7 heteroatoms. The highest BCUT2D eigenvalue weighted by Gasteiger charge is 2.13. The van der Waals surface area contributed by atoms with E-state index in [1.807, 2.05) is 0 Å². The van der Waals surface area contributed by atoms with Crippen molar-refractivity contribution >= 4 is 17.5 Å². The van der Waals surface area contributed by atoms with Crippen LogP contribution in [0.3, 0.4) is 0 Å². The first kappa shape index (κ1) is 16.8. The molecule has 2 aromatic carbocycles. The molecule has 6 nitrogen and oxygen atoms in total. The van der Waals surface area contributed by atoms with E-state index in [-0.39, 0.29) is 18.5 Å². The molecule has 0 radical (unpaired) electrons. The highest BCUT2D eigenvalue weighted by molar-refractivity contribution is 5.95. The normalized spacial score (nSPS) is 12.4. The van der Waals surface area contributed by atoms with Crippen molar-refractivity contribution in [3.05, 3.63) is 53.8 Å². The van der Waals surface area contributed by atoms with E-state index in [9.17, 15) is 14.0 Å². The predicted molar refractivity (Wildman–Crippen MR) is 89.2 cm³/mol. The van der Waals surface area contributed by atoms with Gasteiger partial charge in [-0.2, -0.15) is 0 Å². The number of fused-ring (bicyclic) bond motifs is 1. The molecule has 0 atom stereocenters. The monoisotopic (exact) mass is 344 g/mol. The fourth-order valence-corrected chi connectivity index (χ4v) is 2.38. The minimum Gasteiger partial charge on any atom is -0.486 e. The number of ether oxygens (including phenoxy) is 2. The number of benzene rings is 2. The van der Waals surface area contributed by atoms with Crippen molar-refractivity contribution in [1.29, 1.82) is 0 Å². The van der Waals surface area contributed by atoms with E-state index >= 15 is 0 Å². The van der Waals surface area contributed by atoms with E-state index in [4.69, 9.17) is 9.47 Å². The molecule has 3 rings (SSSR count). The summed E-state index contributed by atoms with van der Waals surface area (Å²) in [6.07, 6.45) is -0.121. The maximum Gasteiger partial charge on any atom is 0.243 e. The Labute approximate surface area is 143 Å². The van der Waals surface area contributed by atoms with Crippen LogP contribution in [0.2, 0.25) is 0 Å². The first-order valence-corrected chi connectivity index (χ1v) is 7.81. The van der Waals surface area contributed by atoms with Crippen molar-refractivity contribution in [3.63, 3.8) is 0 Å². The van der Waals surface area contributed by atoms with Crippen LogP contribution in [0.5, 0.6) is 11.5 Å². The first-order valence-electron chi connectivity index (χ1n) is 7.81. The van der Waals surface area contributed by atoms with E-state index < -0.39 is 17.6 Å². The van der Waals surface area contributed by atoms with Crippen LogP contribution in [0.1, 0.15) is 5.56 Å². The molecular formula is C18H17FN2O4. The second kappa shape index (κ2) is 7.65. The van der Waals surface area contributed by atoms with Gasteiger partial charge >= 0.3 is 0 Å². The van der Waals surface area contributed by atoms with E-state index in [2.05, 4.69) is 10.6 Å². The van der Waals surface area contributed by atoms with Gasteiger partial charge in [-0.15, -0.1) is 0 Å². The molecule has 25 heavy (non-hydrogen) atoms. The Hall–Kier alpha value is -3.09. The summed E-state index contributed by atoms with van der Waals surface area (Å²) in [6, 6.07) is 11.1. The van der Waals surface area contributed by atoms with E-state index in [0.717, 1.165) is 0 Å². The van der Waals surface area contributed by atoms with Crippen molar-refractivity contribution in [2.45, 2.75) is 6.42 Å². The second-order valence-corrected chi connectivity index (χ2v) is 5.45. The Bertz CT molecular complexity index is 794. The zero-order valence-electron chi connectivity index (χ0n) is 13.4. The summed E-state index contributed by atoms with van der Waals surface area (Å²) in [5.41, 5.74) is 0.824. The summed E-state index contributed by atoms with van der Waals surface area (Å²) < 4.78 is 24.3. The summed E-state index contributed by atoms with van der Waals surface area (Å²) >= 11 is 0. The maximum absolute atomic E-state index is 13.5. The molecule has 0 aliphatic carbocycles. The molecule has 0 unspecified atom stereocenters. The average Bonchev–Trinajstić information content (AvgIpc) is 2.62. The van der Waals surface area contributed by atoms with Crippen LogP contribution in [0.4, 0.5) is 10.1 Å². The number of halogens is 1. The van der Waals surface area contributed by atoms with Crippen LogP contribution in [-0.2, 0) is 16.0 Å². The van der Waals surface area contributed by atoms with E-state index in [0.29, 0.717) is 30.4 Å². The number of carbonyl (C=O) groups is 2. The van der Waals surface area contributed by atoms with Gasteiger partial charge in [-0.05, 0) is 23.8 Å². The smallest absolute Gasteiger partial charge is 0.243 e. The molecule has 0 saturated carbocycles. The highest BCUT2D eigenvalue weighted by atomic mass is 19.1. The summed E-state index contributed by atoms with van der Waals surface area (Å²) in [7, 11) is 0. The van der Waals surface area contributed by atoms with Crippen molar-refractivity contribution in [2.75, 3.05) is 25.1 Å². The van der Waals surface area contributed by atoms with Gasteiger partial charge in [-0.3, -0.25) is 9.59 Å². The SMILES string of the molecule is O=C(Cc1ccccc1F)NCC(=O)Nc1ccc2c(c1)OCCO2. The summed E-state index contributed by atoms with van der Waals surface area (Å²) in [6.45, 7) is 0.741. The predicted octanol–water partition coefficient (Wildman–Crippen LogP) is 1.89. The molecule has 0 saturated heterocycles. The molecule has 1 aliphatic heterocycles. The van der Waals surface area contributed by atoms with Gasteiger partial charge < -0.3 is 20.1 Å². The molecule has 2 amide bonds.